The summed E-state index contributed by atoms with van der Waals surface area (Å²) in [7, 11) is 1.54. The third-order valence-electron chi connectivity index (χ3n) is 4.22. The molecule has 0 saturated carbocycles. The highest BCUT2D eigenvalue weighted by atomic mass is 35.5. The molecule has 0 fully saturated rings. The predicted octanol–water partition coefficient (Wildman–Crippen LogP) is 4.61. The van der Waals surface area contributed by atoms with Gasteiger partial charge in [-0.1, -0.05) is 23.7 Å². The largest absolute Gasteiger partial charge is 0.495 e. The molecule has 0 spiro atoms. The SMILES string of the molecule is COc1ccccc1NC(=O)COc1ccc(/C=N\NC(=O)CSc2ccc(Cl)cc2)cc1. The van der Waals surface area contributed by atoms with E-state index in [1.54, 1.807) is 54.6 Å². The second-order valence-electron chi connectivity index (χ2n) is 6.64. The van der Waals surface area contributed by atoms with E-state index in [2.05, 4.69) is 15.8 Å². The molecule has 3 aromatic rings. The van der Waals surface area contributed by atoms with Crippen LogP contribution < -0.4 is 20.2 Å². The number of nitrogens with zero attached hydrogens (tertiary/aromatic N) is 1. The van der Waals surface area contributed by atoms with Crippen LogP contribution in [0.15, 0.2) is 82.8 Å². The van der Waals surface area contributed by atoms with Gasteiger partial charge in [-0.25, -0.2) is 5.43 Å². The van der Waals surface area contributed by atoms with E-state index in [9.17, 15) is 9.59 Å². The van der Waals surface area contributed by atoms with Gasteiger partial charge in [-0.05, 0) is 66.2 Å². The van der Waals surface area contributed by atoms with Crippen LogP contribution in [0.5, 0.6) is 11.5 Å². The zero-order chi connectivity index (χ0) is 23.5. The molecule has 2 N–H and O–H groups in total. The Kier molecular flexibility index (Phi) is 9.17. The number of hydrogen-bond acceptors (Lipinski definition) is 6. The van der Waals surface area contributed by atoms with Crippen molar-refractivity contribution in [3.8, 4) is 11.5 Å². The number of methoxy groups -OCH3 is 1. The van der Waals surface area contributed by atoms with Crippen LogP contribution in [0.1, 0.15) is 5.56 Å². The van der Waals surface area contributed by atoms with Crippen LogP contribution in [0.2, 0.25) is 5.02 Å². The summed E-state index contributed by atoms with van der Waals surface area (Å²) in [6.45, 7) is -0.146. The van der Waals surface area contributed by atoms with Crippen LogP contribution >= 0.6 is 23.4 Å². The highest BCUT2D eigenvalue weighted by Crippen LogP contribution is 2.23. The number of carbonyl (C=O) groups is 2. The molecule has 0 aromatic heterocycles. The van der Waals surface area contributed by atoms with E-state index in [0.717, 1.165) is 10.5 Å². The molecule has 0 saturated heterocycles. The van der Waals surface area contributed by atoms with E-state index >= 15 is 0 Å². The molecule has 0 heterocycles. The topological polar surface area (TPSA) is 89.0 Å². The van der Waals surface area contributed by atoms with Gasteiger partial charge in [-0.2, -0.15) is 5.10 Å². The van der Waals surface area contributed by atoms with Gasteiger partial charge in [0.2, 0.25) is 5.91 Å². The van der Waals surface area contributed by atoms with Crippen molar-refractivity contribution >= 4 is 47.1 Å². The van der Waals surface area contributed by atoms with Crippen LogP contribution in [0.4, 0.5) is 5.69 Å². The first-order chi connectivity index (χ1) is 16.0. The molecule has 3 rings (SSSR count). The first kappa shape index (κ1) is 24.2. The molecule has 0 aliphatic heterocycles. The molecule has 0 bridgehead atoms. The van der Waals surface area contributed by atoms with Gasteiger partial charge >= 0.3 is 0 Å². The number of thioether (sulfide) groups is 1. The third-order valence-corrected chi connectivity index (χ3v) is 5.48. The Morgan fingerprint density at radius 2 is 1.73 bits per heavy atom. The predicted molar refractivity (Wildman–Crippen MR) is 131 cm³/mol. The Bertz CT molecular complexity index is 1110. The fourth-order valence-electron chi connectivity index (χ4n) is 2.62. The molecule has 0 unspecified atom stereocenters. The highest BCUT2D eigenvalue weighted by Gasteiger charge is 2.08. The summed E-state index contributed by atoms with van der Waals surface area (Å²) >= 11 is 7.24. The summed E-state index contributed by atoms with van der Waals surface area (Å²) < 4.78 is 10.7. The van der Waals surface area contributed by atoms with Crippen molar-refractivity contribution in [3.05, 3.63) is 83.4 Å². The molecule has 9 heteroatoms. The van der Waals surface area contributed by atoms with Crippen molar-refractivity contribution in [1.82, 2.24) is 5.43 Å². The number of halogens is 1. The second kappa shape index (κ2) is 12.5. The number of rotatable bonds is 10. The van der Waals surface area contributed by atoms with E-state index in [-0.39, 0.29) is 24.2 Å². The van der Waals surface area contributed by atoms with Gasteiger partial charge in [0.05, 0.1) is 24.8 Å². The van der Waals surface area contributed by atoms with Gasteiger partial charge in [0.15, 0.2) is 6.61 Å². The van der Waals surface area contributed by atoms with E-state index in [4.69, 9.17) is 21.1 Å². The molecule has 0 aliphatic rings. The van der Waals surface area contributed by atoms with E-state index < -0.39 is 0 Å². The normalized spacial score (nSPS) is 10.6. The van der Waals surface area contributed by atoms with Crippen molar-refractivity contribution in [3.63, 3.8) is 0 Å². The van der Waals surface area contributed by atoms with Gasteiger partial charge in [-0.3, -0.25) is 9.59 Å². The van der Waals surface area contributed by atoms with Crippen LogP contribution in [0.3, 0.4) is 0 Å². The van der Waals surface area contributed by atoms with Crippen molar-refractivity contribution < 1.29 is 19.1 Å². The molecule has 0 aliphatic carbocycles. The minimum atomic E-state index is -0.302. The number of hydrazone groups is 1. The minimum absolute atomic E-state index is 0.146. The lowest BCUT2D eigenvalue weighted by molar-refractivity contribution is -0.119. The van der Waals surface area contributed by atoms with Gasteiger partial charge < -0.3 is 14.8 Å². The summed E-state index contributed by atoms with van der Waals surface area (Å²) in [6.07, 6.45) is 1.53. The minimum Gasteiger partial charge on any atom is -0.495 e. The quantitative estimate of drug-likeness (QED) is 0.250. The van der Waals surface area contributed by atoms with Crippen molar-refractivity contribution in [2.24, 2.45) is 5.10 Å². The van der Waals surface area contributed by atoms with Crippen LogP contribution in [0, 0.1) is 0 Å². The number of amides is 2. The van der Waals surface area contributed by atoms with Gasteiger partial charge in [0.1, 0.15) is 11.5 Å². The molecular weight excluding hydrogens is 462 g/mol. The van der Waals surface area contributed by atoms with Gasteiger partial charge in [0, 0.05) is 9.92 Å². The first-order valence-electron chi connectivity index (χ1n) is 9.89. The maximum absolute atomic E-state index is 12.1. The number of anilines is 1. The summed E-state index contributed by atoms with van der Waals surface area (Å²) in [5, 5.41) is 7.36. The lowest BCUT2D eigenvalue weighted by atomic mass is 10.2. The van der Waals surface area contributed by atoms with Crippen LogP contribution in [-0.4, -0.2) is 37.5 Å². The maximum atomic E-state index is 12.1. The zero-order valence-corrected chi connectivity index (χ0v) is 19.4. The standard InChI is InChI=1S/C24H22ClN3O4S/c1-31-22-5-3-2-4-21(22)27-23(29)15-32-19-10-6-17(7-11-19)14-26-28-24(30)16-33-20-12-8-18(25)9-13-20/h2-14H,15-16H2,1H3,(H,27,29)(H,28,30)/b26-14-. The molecule has 33 heavy (non-hydrogen) atoms. The Balaban J connectivity index is 1.40. The number of ether oxygens (including phenoxy) is 2. The Morgan fingerprint density at radius 3 is 2.45 bits per heavy atom. The van der Waals surface area contributed by atoms with Crippen LogP contribution in [-0.2, 0) is 9.59 Å². The summed E-state index contributed by atoms with van der Waals surface area (Å²) in [5.74, 6) is 0.829. The van der Waals surface area contributed by atoms with E-state index in [1.807, 2.05) is 18.2 Å². The van der Waals surface area contributed by atoms with Crippen molar-refractivity contribution in [1.29, 1.82) is 0 Å². The molecule has 3 aromatic carbocycles. The first-order valence-corrected chi connectivity index (χ1v) is 11.3. The second-order valence-corrected chi connectivity index (χ2v) is 8.13. The number of para-hydroxylation sites is 2. The fraction of sp³-hybridized carbons (Fsp3) is 0.125. The molecule has 170 valence electrons. The molecule has 0 atom stereocenters. The molecular formula is C24H22ClN3O4S. The molecule has 2 amide bonds. The average Bonchev–Trinajstić information content (AvgIpc) is 2.83. The maximum Gasteiger partial charge on any atom is 0.262 e. The van der Waals surface area contributed by atoms with Crippen molar-refractivity contribution in [2.75, 3.05) is 24.8 Å². The van der Waals surface area contributed by atoms with E-state index in [0.29, 0.717) is 22.2 Å². The summed E-state index contributed by atoms with van der Waals surface area (Å²) in [5.41, 5.74) is 3.84. The number of hydrogen-bond donors (Lipinski definition) is 2. The average molecular weight is 484 g/mol. The number of benzene rings is 3. The Hall–Kier alpha value is -3.49. The smallest absolute Gasteiger partial charge is 0.262 e. The Morgan fingerprint density at radius 1 is 1.00 bits per heavy atom. The lowest BCUT2D eigenvalue weighted by Crippen LogP contribution is -2.20. The van der Waals surface area contributed by atoms with Gasteiger partial charge in [0.25, 0.3) is 5.91 Å². The lowest BCUT2D eigenvalue weighted by Gasteiger charge is -2.10. The number of carbonyl (C=O) groups excluding carboxylic acids is 2. The summed E-state index contributed by atoms with van der Waals surface area (Å²) in [6, 6.07) is 21.4. The highest BCUT2D eigenvalue weighted by molar-refractivity contribution is 8.00. The van der Waals surface area contributed by atoms with Gasteiger partial charge in [-0.15, -0.1) is 11.8 Å². The molecule has 7 nitrogen and oxygen atoms in total. The van der Waals surface area contributed by atoms with Crippen LogP contribution in [0.25, 0.3) is 0 Å². The molecule has 0 radical (unpaired) electrons. The van der Waals surface area contributed by atoms with Crippen molar-refractivity contribution in [2.45, 2.75) is 4.90 Å². The number of nitrogens with one attached hydrogen (secondary N) is 2. The third kappa shape index (κ3) is 8.17. The van der Waals surface area contributed by atoms with E-state index in [1.165, 1.54) is 25.1 Å². The zero-order valence-electron chi connectivity index (χ0n) is 17.8. The monoisotopic (exact) mass is 483 g/mol. The Labute approximate surface area is 201 Å². The fourth-order valence-corrected chi connectivity index (χ4v) is 3.44. The summed E-state index contributed by atoms with van der Waals surface area (Å²) in [4.78, 5) is 25.0.